The minimum absolute atomic E-state index is 0.194. The Bertz CT molecular complexity index is 525. The standard InChI is InChI=1S/C10H11ClINO3S/c1-2-17(15,16)10(11,12)9(14)7-3-5-8(13)6-4-7/h3-6H,2,13H2,1H3/t10-/m0/s1. The molecular weight excluding hydrogens is 377 g/mol. The molecule has 17 heavy (non-hydrogen) atoms. The van der Waals surface area contributed by atoms with E-state index in [0.717, 1.165) is 0 Å². The van der Waals surface area contributed by atoms with E-state index in [9.17, 15) is 13.2 Å². The van der Waals surface area contributed by atoms with Crippen molar-refractivity contribution in [3.05, 3.63) is 29.8 Å². The van der Waals surface area contributed by atoms with Gasteiger partial charge in [0, 0.05) is 11.3 Å². The zero-order valence-corrected chi connectivity index (χ0v) is 12.7. The fourth-order valence-corrected chi connectivity index (χ4v) is 3.57. The number of carbonyl (C=O) groups is 1. The third-order valence-electron chi connectivity index (χ3n) is 2.21. The number of carbonyl (C=O) groups excluding carboxylic acids is 1. The molecule has 0 unspecified atom stereocenters. The molecule has 1 aromatic rings. The number of ketones is 1. The molecule has 4 nitrogen and oxygen atoms in total. The van der Waals surface area contributed by atoms with Crippen molar-refractivity contribution in [2.24, 2.45) is 0 Å². The van der Waals surface area contributed by atoms with E-state index in [1.165, 1.54) is 53.8 Å². The molecule has 0 heterocycles. The van der Waals surface area contributed by atoms with E-state index >= 15 is 0 Å². The maximum Gasteiger partial charge on any atom is 0.257 e. The average molecular weight is 388 g/mol. The predicted octanol–water partition coefficient (Wildman–Crippen LogP) is 2.21. The van der Waals surface area contributed by atoms with Crippen LogP contribution in [0.1, 0.15) is 17.3 Å². The van der Waals surface area contributed by atoms with Gasteiger partial charge in [0.2, 0.25) is 5.78 Å². The molecule has 1 atom stereocenters. The van der Waals surface area contributed by atoms with E-state index in [1.807, 2.05) is 0 Å². The lowest BCUT2D eigenvalue weighted by Crippen LogP contribution is -2.36. The van der Waals surface area contributed by atoms with Crippen LogP contribution < -0.4 is 5.73 Å². The van der Waals surface area contributed by atoms with Gasteiger partial charge in [-0.1, -0.05) is 18.5 Å². The molecule has 1 aromatic carbocycles. The molecule has 0 amide bonds. The lowest BCUT2D eigenvalue weighted by Gasteiger charge is -2.18. The second-order valence-electron chi connectivity index (χ2n) is 3.37. The highest BCUT2D eigenvalue weighted by atomic mass is 127. The lowest BCUT2D eigenvalue weighted by molar-refractivity contribution is 0.100. The largest absolute Gasteiger partial charge is 0.399 e. The van der Waals surface area contributed by atoms with Crippen molar-refractivity contribution in [2.75, 3.05) is 11.5 Å². The molecule has 0 aliphatic rings. The normalized spacial score (nSPS) is 15.2. The number of benzene rings is 1. The number of anilines is 1. The van der Waals surface area contributed by atoms with Gasteiger partial charge in [0.1, 0.15) is 0 Å². The van der Waals surface area contributed by atoms with Crippen LogP contribution in [0.4, 0.5) is 5.69 Å². The Balaban J connectivity index is 3.18. The Morgan fingerprint density at radius 2 is 1.88 bits per heavy atom. The number of sulfone groups is 1. The molecule has 0 aromatic heterocycles. The highest BCUT2D eigenvalue weighted by Gasteiger charge is 2.45. The van der Waals surface area contributed by atoms with Crippen molar-refractivity contribution in [3.8, 4) is 0 Å². The minimum atomic E-state index is -3.68. The molecule has 0 aliphatic carbocycles. The predicted molar refractivity (Wildman–Crippen MR) is 77.2 cm³/mol. The fraction of sp³-hybridized carbons (Fsp3) is 0.300. The molecule has 0 radical (unpaired) electrons. The smallest absolute Gasteiger partial charge is 0.257 e. The number of hydrogen-bond acceptors (Lipinski definition) is 4. The summed E-state index contributed by atoms with van der Waals surface area (Å²) in [5, 5.41) is 0. The molecule has 1 rings (SSSR count). The summed E-state index contributed by atoms with van der Waals surface area (Å²) >= 11 is 7.32. The first kappa shape index (κ1) is 14.7. The SMILES string of the molecule is CCS(=O)(=O)[C@@](Cl)(I)C(=O)c1ccc(N)cc1. The van der Waals surface area contributed by atoms with E-state index < -0.39 is 17.8 Å². The summed E-state index contributed by atoms with van der Waals surface area (Å²) < 4.78 is 21.5. The van der Waals surface area contributed by atoms with E-state index in [2.05, 4.69) is 0 Å². The van der Waals surface area contributed by atoms with Crippen molar-refractivity contribution in [1.82, 2.24) is 0 Å². The first-order chi connectivity index (χ1) is 7.72. The van der Waals surface area contributed by atoms with Gasteiger partial charge < -0.3 is 5.73 Å². The fourth-order valence-electron chi connectivity index (χ4n) is 1.13. The number of nitrogens with two attached hydrogens (primary N) is 1. The monoisotopic (exact) mass is 387 g/mol. The van der Waals surface area contributed by atoms with Crippen LogP contribution in [0.5, 0.6) is 0 Å². The molecule has 0 saturated carbocycles. The Labute approximate surface area is 119 Å². The van der Waals surface area contributed by atoms with Crippen molar-refractivity contribution in [1.29, 1.82) is 0 Å². The summed E-state index contributed by atoms with van der Waals surface area (Å²) in [4.78, 5) is 12.0. The van der Waals surface area contributed by atoms with Crippen molar-refractivity contribution >= 4 is 55.5 Å². The summed E-state index contributed by atoms with van der Waals surface area (Å²) in [5.41, 5.74) is 6.20. The average Bonchev–Trinajstić information content (AvgIpc) is 2.28. The topological polar surface area (TPSA) is 77.2 Å². The van der Waals surface area contributed by atoms with Gasteiger partial charge in [-0.2, -0.15) is 0 Å². The van der Waals surface area contributed by atoms with Crippen LogP contribution in [0, 0.1) is 0 Å². The van der Waals surface area contributed by atoms with E-state index in [0.29, 0.717) is 5.69 Å². The maximum absolute atomic E-state index is 12.0. The Hall–Kier alpha value is -0.340. The van der Waals surface area contributed by atoms with Crippen LogP contribution in [0.25, 0.3) is 0 Å². The van der Waals surface area contributed by atoms with Crippen molar-refractivity contribution in [3.63, 3.8) is 0 Å². The maximum atomic E-state index is 12.0. The van der Waals surface area contributed by atoms with Crippen LogP contribution in [0.2, 0.25) is 0 Å². The quantitative estimate of drug-likeness (QED) is 0.372. The summed E-state index contributed by atoms with van der Waals surface area (Å²) in [6.45, 7) is 1.45. The van der Waals surface area contributed by atoms with Gasteiger partial charge in [-0.05, 0) is 46.9 Å². The third-order valence-corrected chi connectivity index (χ3v) is 7.31. The number of hydrogen-bond donors (Lipinski definition) is 1. The molecule has 0 fully saturated rings. The van der Waals surface area contributed by atoms with Gasteiger partial charge in [-0.25, -0.2) is 8.42 Å². The van der Waals surface area contributed by atoms with Gasteiger partial charge in [0.05, 0.1) is 5.75 Å². The van der Waals surface area contributed by atoms with Gasteiger partial charge in [0.25, 0.3) is 2.21 Å². The van der Waals surface area contributed by atoms with Crippen LogP contribution in [-0.4, -0.2) is 22.2 Å². The number of alkyl halides is 2. The molecular formula is C10H11ClINO3S. The molecule has 0 bridgehead atoms. The minimum Gasteiger partial charge on any atom is -0.399 e. The van der Waals surface area contributed by atoms with Crippen LogP contribution in [0.15, 0.2) is 24.3 Å². The lowest BCUT2D eigenvalue weighted by atomic mass is 10.1. The van der Waals surface area contributed by atoms with Gasteiger partial charge in [-0.3, -0.25) is 4.79 Å². The summed E-state index contributed by atoms with van der Waals surface area (Å²) in [6.07, 6.45) is 0. The molecule has 7 heteroatoms. The van der Waals surface area contributed by atoms with Crippen molar-refractivity contribution in [2.45, 2.75) is 9.14 Å². The first-order valence-corrected chi connectivity index (χ1v) is 7.83. The zero-order chi connectivity index (χ0) is 13.3. The second-order valence-corrected chi connectivity index (χ2v) is 9.57. The van der Waals surface area contributed by atoms with Crippen LogP contribution in [0.3, 0.4) is 0 Å². The van der Waals surface area contributed by atoms with E-state index in [1.54, 1.807) is 0 Å². The first-order valence-electron chi connectivity index (χ1n) is 4.73. The molecule has 94 valence electrons. The van der Waals surface area contributed by atoms with Gasteiger partial charge >= 0.3 is 0 Å². The summed E-state index contributed by atoms with van der Waals surface area (Å²) in [6, 6.07) is 5.96. The summed E-state index contributed by atoms with van der Waals surface area (Å²) in [5.74, 6) is -0.846. The van der Waals surface area contributed by atoms with Gasteiger partial charge in [0.15, 0.2) is 9.84 Å². The number of nitrogen functional groups attached to an aromatic ring is 1. The van der Waals surface area contributed by atoms with Gasteiger partial charge in [-0.15, -0.1) is 0 Å². The molecule has 2 N–H and O–H groups in total. The number of halogens is 2. The van der Waals surface area contributed by atoms with Crippen LogP contribution >= 0.6 is 34.2 Å². The molecule has 0 aliphatic heterocycles. The highest BCUT2D eigenvalue weighted by molar-refractivity contribution is 14.1. The van der Waals surface area contributed by atoms with Crippen molar-refractivity contribution < 1.29 is 13.2 Å². The Kier molecular flexibility index (Phi) is 4.43. The number of rotatable bonds is 4. The third kappa shape index (κ3) is 2.92. The molecule has 0 spiro atoms. The Morgan fingerprint density at radius 1 is 1.41 bits per heavy atom. The van der Waals surface area contributed by atoms with E-state index in [-0.39, 0.29) is 11.3 Å². The van der Waals surface area contributed by atoms with Crippen LogP contribution in [-0.2, 0) is 9.84 Å². The highest BCUT2D eigenvalue weighted by Crippen LogP contribution is 2.35. The number of Topliss-reactive ketones (excluding diaryl/α,β-unsaturated/α-hetero) is 1. The zero-order valence-electron chi connectivity index (χ0n) is 8.98. The Morgan fingerprint density at radius 3 is 2.29 bits per heavy atom. The second kappa shape index (κ2) is 5.11. The summed E-state index contributed by atoms with van der Waals surface area (Å²) in [7, 11) is -3.68. The molecule has 0 saturated heterocycles. The van der Waals surface area contributed by atoms with E-state index in [4.69, 9.17) is 17.3 Å².